The molecule has 6 nitrogen and oxygen atoms in total. The standard InChI is InChI=1S/C18H34F2N4O2.HI/c1-2-21-18(22-8-3-11-26-16-6-12-25-13-7-16)23-15-4-9-24(10-5-15)14-17(19)20;/h15-17H,2-14H2,1H3,(H2,21,22,23);1H. The first-order valence-electron chi connectivity index (χ1n) is 9.92. The first kappa shape index (κ1) is 24.8. The molecule has 0 unspecified atom stereocenters. The molecule has 2 aliphatic rings. The molecule has 2 aliphatic heterocycles. The first-order valence-corrected chi connectivity index (χ1v) is 9.92. The molecule has 0 aliphatic carbocycles. The van der Waals surface area contributed by atoms with Gasteiger partial charge in [-0.25, -0.2) is 8.78 Å². The summed E-state index contributed by atoms with van der Waals surface area (Å²) in [6.07, 6.45) is 2.67. The van der Waals surface area contributed by atoms with Crippen molar-refractivity contribution in [3.05, 3.63) is 0 Å². The van der Waals surface area contributed by atoms with Crippen LogP contribution in [0.4, 0.5) is 8.78 Å². The summed E-state index contributed by atoms with van der Waals surface area (Å²) in [5.41, 5.74) is 0. The van der Waals surface area contributed by atoms with E-state index >= 15 is 0 Å². The highest BCUT2D eigenvalue weighted by atomic mass is 127. The summed E-state index contributed by atoms with van der Waals surface area (Å²) in [7, 11) is 0. The lowest BCUT2D eigenvalue weighted by atomic mass is 10.1. The minimum atomic E-state index is -2.25. The highest BCUT2D eigenvalue weighted by molar-refractivity contribution is 14.0. The van der Waals surface area contributed by atoms with Gasteiger partial charge in [-0.3, -0.25) is 9.89 Å². The summed E-state index contributed by atoms with van der Waals surface area (Å²) < 4.78 is 36.1. The zero-order valence-electron chi connectivity index (χ0n) is 16.3. The van der Waals surface area contributed by atoms with Crippen molar-refractivity contribution in [3.63, 3.8) is 0 Å². The van der Waals surface area contributed by atoms with E-state index in [2.05, 4.69) is 15.6 Å². The number of hydrogen-bond acceptors (Lipinski definition) is 4. The number of nitrogens with zero attached hydrogens (tertiary/aromatic N) is 2. The number of ether oxygens (including phenoxy) is 2. The van der Waals surface area contributed by atoms with Gasteiger partial charge >= 0.3 is 0 Å². The summed E-state index contributed by atoms with van der Waals surface area (Å²) in [5.74, 6) is 0.811. The maximum absolute atomic E-state index is 12.4. The Balaban J connectivity index is 0.00000364. The van der Waals surface area contributed by atoms with Crippen molar-refractivity contribution < 1.29 is 18.3 Å². The molecule has 160 valence electrons. The van der Waals surface area contributed by atoms with Crippen LogP contribution in [-0.4, -0.2) is 82.0 Å². The molecule has 0 atom stereocenters. The fourth-order valence-electron chi connectivity index (χ4n) is 3.32. The zero-order chi connectivity index (χ0) is 18.6. The smallest absolute Gasteiger partial charge is 0.251 e. The molecule has 0 aromatic carbocycles. The van der Waals surface area contributed by atoms with Crippen molar-refractivity contribution in [2.24, 2.45) is 4.99 Å². The second-order valence-corrected chi connectivity index (χ2v) is 6.91. The number of likely N-dealkylation sites (tertiary alicyclic amines) is 1. The number of piperidine rings is 1. The van der Waals surface area contributed by atoms with E-state index in [1.807, 2.05) is 11.8 Å². The number of aliphatic imine (C=N–C) groups is 1. The number of alkyl halides is 2. The van der Waals surface area contributed by atoms with Crippen LogP contribution in [0.25, 0.3) is 0 Å². The van der Waals surface area contributed by atoms with Crippen molar-refractivity contribution in [1.29, 1.82) is 0 Å². The third-order valence-corrected chi connectivity index (χ3v) is 4.76. The lowest BCUT2D eigenvalue weighted by Crippen LogP contribution is -2.49. The molecule has 2 N–H and O–H groups in total. The van der Waals surface area contributed by atoms with Gasteiger partial charge in [0.25, 0.3) is 6.43 Å². The lowest BCUT2D eigenvalue weighted by molar-refractivity contribution is -0.0318. The number of halogens is 3. The summed E-state index contributed by atoms with van der Waals surface area (Å²) in [6, 6.07) is 0.292. The van der Waals surface area contributed by atoms with E-state index in [-0.39, 0.29) is 30.5 Å². The molecule has 2 heterocycles. The van der Waals surface area contributed by atoms with Gasteiger partial charge in [-0.1, -0.05) is 0 Å². The third kappa shape index (κ3) is 10.7. The Bertz CT molecular complexity index is 405. The van der Waals surface area contributed by atoms with Crippen LogP contribution < -0.4 is 10.6 Å². The SMILES string of the molecule is CCNC(=NCCCOC1CCOCC1)NC1CCN(CC(F)F)CC1.I. The Morgan fingerprint density at radius 1 is 1.22 bits per heavy atom. The van der Waals surface area contributed by atoms with E-state index in [4.69, 9.17) is 9.47 Å². The Kier molecular flexibility index (Phi) is 13.5. The highest BCUT2D eigenvalue weighted by Gasteiger charge is 2.22. The van der Waals surface area contributed by atoms with Crippen molar-refractivity contribution in [3.8, 4) is 0 Å². The van der Waals surface area contributed by atoms with Crippen LogP contribution in [0.15, 0.2) is 4.99 Å². The van der Waals surface area contributed by atoms with E-state index in [1.54, 1.807) is 0 Å². The Morgan fingerprint density at radius 3 is 2.56 bits per heavy atom. The van der Waals surface area contributed by atoms with Gasteiger partial charge in [0.2, 0.25) is 0 Å². The van der Waals surface area contributed by atoms with Gasteiger partial charge in [-0.15, -0.1) is 24.0 Å². The second kappa shape index (κ2) is 14.7. The predicted octanol–water partition coefficient (Wildman–Crippen LogP) is 2.47. The molecule has 2 saturated heterocycles. The largest absolute Gasteiger partial charge is 0.381 e. The number of hydrogen-bond donors (Lipinski definition) is 2. The van der Waals surface area contributed by atoms with Gasteiger partial charge in [0.1, 0.15) is 0 Å². The topological polar surface area (TPSA) is 58.1 Å². The monoisotopic (exact) mass is 504 g/mol. The molecule has 9 heteroatoms. The van der Waals surface area contributed by atoms with Gasteiger partial charge < -0.3 is 20.1 Å². The molecule has 0 saturated carbocycles. The van der Waals surface area contributed by atoms with Crippen LogP contribution in [-0.2, 0) is 9.47 Å². The van der Waals surface area contributed by atoms with Crippen LogP contribution in [0.1, 0.15) is 39.0 Å². The first-order chi connectivity index (χ1) is 12.7. The zero-order valence-corrected chi connectivity index (χ0v) is 18.6. The normalized spacial score (nSPS) is 20.5. The average Bonchev–Trinajstić information content (AvgIpc) is 2.63. The molecular formula is C18H35F2IN4O2. The minimum Gasteiger partial charge on any atom is -0.381 e. The fraction of sp³-hybridized carbons (Fsp3) is 0.944. The summed E-state index contributed by atoms with van der Waals surface area (Å²) in [4.78, 5) is 6.45. The molecule has 0 radical (unpaired) electrons. The van der Waals surface area contributed by atoms with Crippen LogP contribution in [0.2, 0.25) is 0 Å². The van der Waals surface area contributed by atoms with E-state index in [9.17, 15) is 8.78 Å². The maximum Gasteiger partial charge on any atom is 0.251 e. The summed E-state index contributed by atoms with van der Waals surface area (Å²) in [5, 5.41) is 6.70. The molecular weight excluding hydrogens is 469 g/mol. The Morgan fingerprint density at radius 2 is 1.93 bits per heavy atom. The Labute approximate surface area is 178 Å². The fourth-order valence-corrected chi connectivity index (χ4v) is 3.32. The van der Waals surface area contributed by atoms with Crippen LogP contribution in [0.5, 0.6) is 0 Å². The van der Waals surface area contributed by atoms with E-state index in [0.29, 0.717) is 31.8 Å². The maximum atomic E-state index is 12.4. The minimum absolute atomic E-state index is 0. The predicted molar refractivity (Wildman–Crippen MR) is 114 cm³/mol. The van der Waals surface area contributed by atoms with Crippen LogP contribution in [0, 0.1) is 0 Å². The van der Waals surface area contributed by atoms with Crippen molar-refractivity contribution in [1.82, 2.24) is 15.5 Å². The molecule has 0 bridgehead atoms. The van der Waals surface area contributed by atoms with E-state index < -0.39 is 6.43 Å². The van der Waals surface area contributed by atoms with E-state index in [0.717, 1.165) is 64.4 Å². The van der Waals surface area contributed by atoms with Gasteiger partial charge in [-0.05, 0) is 39.0 Å². The summed E-state index contributed by atoms with van der Waals surface area (Å²) >= 11 is 0. The highest BCUT2D eigenvalue weighted by Crippen LogP contribution is 2.12. The van der Waals surface area contributed by atoms with E-state index in [1.165, 1.54) is 0 Å². The summed E-state index contributed by atoms with van der Waals surface area (Å²) in [6.45, 7) is 7.17. The van der Waals surface area contributed by atoms with Gasteiger partial charge in [0, 0.05) is 52.0 Å². The Hall–Kier alpha value is -0.260. The van der Waals surface area contributed by atoms with Crippen molar-refractivity contribution in [2.45, 2.75) is 57.6 Å². The van der Waals surface area contributed by atoms with Gasteiger partial charge in [0.15, 0.2) is 5.96 Å². The second-order valence-electron chi connectivity index (χ2n) is 6.91. The average molecular weight is 504 g/mol. The molecule has 27 heavy (non-hydrogen) atoms. The molecule has 2 rings (SSSR count). The third-order valence-electron chi connectivity index (χ3n) is 4.76. The number of nitrogens with one attached hydrogen (secondary N) is 2. The molecule has 0 aromatic rings. The molecule has 0 spiro atoms. The quantitative estimate of drug-likeness (QED) is 0.219. The van der Waals surface area contributed by atoms with Crippen molar-refractivity contribution in [2.75, 3.05) is 52.5 Å². The van der Waals surface area contributed by atoms with Crippen LogP contribution in [0.3, 0.4) is 0 Å². The van der Waals surface area contributed by atoms with Gasteiger partial charge in [0.05, 0.1) is 12.6 Å². The van der Waals surface area contributed by atoms with Crippen LogP contribution >= 0.6 is 24.0 Å². The number of guanidine groups is 1. The lowest BCUT2D eigenvalue weighted by Gasteiger charge is -2.32. The molecule has 2 fully saturated rings. The number of rotatable bonds is 9. The molecule has 0 amide bonds. The van der Waals surface area contributed by atoms with Crippen molar-refractivity contribution >= 4 is 29.9 Å². The molecule has 0 aromatic heterocycles. The van der Waals surface area contributed by atoms with Gasteiger partial charge in [-0.2, -0.15) is 0 Å².